The first-order valence-electron chi connectivity index (χ1n) is 8.33. The zero-order valence-corrected chi connectivity index (χ0v) is 14.9. The molecule has 4 aromatic rings. The largest absolute Gasteiger partial charge is 0.497 e. The summed E-state index contributed by atoms with van der Waals surface area (Å²) in [6.45, 7) is 0.720. The second-order valence-corrected chi connectivity index (χ2v) is 6.40. The number of H-pyrrole nitrogens is 2. The van der Waals surface area contributed by atoms with Crippen LogP contribution in [-0.2, 0) is 6.54 Å². The molecule has 0 fully saturated rings. The Morgan fingerprint density at radius 3 is 2.46 bits per heavy atom. The molecule has 132 valence electrons. The molecule has 0 saturated heterocycles. The molecule has 0 bridgehead atoms. The molecule has 4 rings (SSSR count). The van der Waals surface area contributed by atoms with E-state index in [9.17, 15) is 0 Å². The van der Waals surface area contributed by atoms with Gasteiger partial charge in [-0.05, 0) is 56.6 Å². The monoisotopic (exact) mass is 348 g/mol. The van der Waals surface area contributed by atoms with Crippen molar-refractivity contribution in [3.05, 3.63) is 48.3 Å². The minimum absolute atomic E-state index is 0.686. The topological polar surface area (TPSA) is 82.7 Å². The van der Waals surface area contributed by atoms with Gasteiger partial charge in [-0.2, -0.15) is 10.2 Å². The van der Waals surface area contributed by atoms with Crippen LogP contribution in [0.5, 0.6) is 5.75 Å². The lowest BCUT2D eigenvalue weighted by atomic mass is 10.1. The predicted octanol–water partition coefficient (Wildman–Crippen LogP) is 3.09. The summed E-state index contributed by atoms with van der Waals surface area (Å²) in [6, 6.07) is 14.0. The average molecular weight is 348 g/mol. The highest BCUT2D eigenvalue weighted by molar-refractivity contribution is 5.95. The number of rotatable bonds is 5. The Morgan fingerprint density at radius 2 is 1.73 bits per heavy atom. The van der Waals surface area contributed by atoms with Crippen LogP contribution in [0.25, 0.3) is 33.5 Å². The van der Waals surface area contributed by atoms with Gasteiger partial charge in [0.2, 0.25) is 0 Å². The quantitative estimate of drug-likeness (QED) is 0.579. The van der Waals surface area contributed by atoms with E-state index < -0.39 is 0 Å². The van der Waals surface area contributed by atoms with Gasteiger partial charge in [0.15, 0.2) is 5.82 Å². The molecule has 0 unspecified atom stereocenters. The molecule has 0 atom stereocenters. The van der Waals surface area contributed by atoms with Gasteiger partial charge in [-0.1, -0.05) is 0 Å². The number of aromatic amines is 2. The SMILES string of the molecule is COc1ccc(-c2n[nH]c3ccc(-c4n[nH]c(CN(C)C)n4)cc23)cc1. The van der Waals surface area contributed by atoms with Gasteiger partial charge in [0.1, 0.15) is 11.6 Å². The standard InChI is InChI=1S/C19H20N6O/c1-25(2)11-17-20-19(24-22-17)13-6-9-16-15(10-13)18(23-21-16)12-4-7-14(26-3)8-5-12/h4-10H,11H2,1-3H3,(H,21,23)(H,20,22,24). The van der Waals surface area contributed by atoms with E-state index in [4.69, 9.17) is 4.74 Å². The summed E-state index contributed by atoms with van der Waals surface area (Å²) in [4.78, 5) is 6.63. The molecule has 7 heteroatoms. The second-order valence-electron chi connectivity index (χ2n) is 6.40. The summed E-state index contributed by atoms with van der Waals surface area (Å²) >= 11 is 0. The third kappa shape index (κ3) is 3.04. The lowest BCUT2D eigenvalue weighted by molar-refractivity contribution is 0.391. The van der Waals surface area contributed by atoms with Crippen LogP contribution in [0.3, 0.4) is 0 Å². The van der Waals surface area contributed by atoms with E-state index >= 15 is 0 Å². The normalized spacial score (nSPS) is 11.4. The Morgan fingerprint density at radius 1 is 0.962 bits per heavy atom. The summed E-state index contributed by atoms with van der Waals surface area (Å²) in [5.41, 5.74) is 3.85. The maximum absolute atomic E-state index is 5.23. The molecule has 26 heavy (non-hydrogen) atoms. The molecule has 0 spiro atoms. The van der Waals surface area contributed by atoms with Crippen molar-refractivity contribution in [1.29, 1.82) is 0 Å². The second kappa shape index (κ2) is 6.61. The van der Waals surface area contributed by atoms with Crippen molar-refractivity contribution in [1.82, 2.24) is 30.3 Å². The molecule has 2 aromatic heterocycles. The maximum atomic E-state index is 5.23. The number of nitrogens with one attached hydrogen (secondary N) is 2. The number of aromatic nitrogens is 5. The zero-order chi connectivity index (χ0) is 18.1. The zero-order valence-electron chi connectivity index (χ0n) is 14.9. The van der Waals surface area contributed by atoms with E-state index in [1.165, 1.54) is 0 Å². The Hall–Kier alpha value is -3.19. The molecule has 0 aliphatic carbocycles. The van der Waals surface area contributed by atoms with Crippen LogP contribution < -0.4 is 4.74 Å². The minimum Gasteiger partial charge on any atom is -0.497 e. The van der Waals surface area contributed by atoms with E-state index in [-0.39, 0.29) is 0 Å². The van der Waals surface area contributed by atoms with Crippen LogP contribution in [0.2, 0.25) is 0 Å². The van der Waals surface area contributed by atoms with Crippen molar-refractivity contribution in [2.75, 3.05) is 21.2 Å². The summed E-state index contributed by atoms with van der Waals surface area (Å²) < 4.78 is 5.23. The van der Waals surface area contributed by atoms with Gasteiger partial charge in [-0.25, -0.2) is 4.98 Å². The Bertz CT molecular complexity index is 1030. The van der Waals surface area contributed by atoms with Gasteiger partial charge >= 0.3 is 0 Å². The van der Waals surface area contributed by atoms with E-state index in [2.05, 4.69) is 31.4 Å². The summed E-state index contributed by atoms with van der Waals surface area (Å²) in [6.07, 6.45) is 0. The van der Waals surface area contributed by atoms with Crippen molar-refractivity contribution in [2.24, 2.45) is 0 Å². The van der Waals surface area contributed by atoms with Crippen molar-refractivity contribution in [2.45, 2.75) is 6.54 Å². The van der Waals surface area contributed by atoms with Crippen LogP contribution >= 0.6 is 0 Å². The smallest absolute Gasteiger partial charge is 0.181 e. The number of hydrogen-bond donors (Lipinski definition) is 2. The molecule has 2 N–H and O–H groups in total. The molecule has 0 amide bonds. The molecule has 2 heterocycles. The van der Waals surface area contributed by atoms with Crippen LogP contribution in [0.4, 0.5) is 0 Å². The van der Waals surface area contributed by atoms with Gasteiger partial charge in [-0.3, -0.25) is 10.2 Å². The van der Waals surface area contributed by atoms with E-state index in [1.54, 1.807) is 7.11 Å². The Labute approximate surface area is 151 Å². The molecular formula is C19H20N6O. The van der Waals surface area contributed by atoms with E-state index in [0.717, 1.165) is 45.8 Å². The van der Waals surface area contributed by atoms with Gasteiger partial charge in [0, 0.05) is 16.5 Å². The van der Waals surface area contributed by atoms with Crippen molar-refractivity contribution in [3.8, 4) is 28.4 Å². The molecule has 2 aromatic carbocycles. The first-order chi connectivity index (χ1) is 12.6. The molecular weight excluding hydrogens is 328 g/mol. The van der Waals surface area contributed by atoms with Crippen LogP contribution in [-0.4, -0.2) is 51.5 Å². The molecule has 0 aliphatic heterocycles. The van der Waals surface area contributed by atoms with Gasteiger partial charge in [0.05, 0.1) is 24.9 Å². The summed E-state index contributed by atoms with van der Waals surface area (Å²) in [5.74, 6) is 2.35. The average Bonchev–Trinajstić information content (AvgIpc) is 3.27. The first kappa shape index (κ1) is 16.3. The van der Waals surface area contributed by atoms with Crippen LogP contribution in [0.1, 0.15) is 5.82 Å². The maximum Gasteiger partial charge on any atom is 0.181 e. The lowest BCUT2D eigenvalue weighted by Gasteiger charge is -2.04. The van der Waals surface area contributed by atoms with E-state index in [0.29, 0.717) is 5.82 Å². The Balaban J connectivity index is 1.73. The fraction of sp³-hybridized carbons (Fsp3) is 0.211. The fourth-order valence-electron chi connectivity index (χ4n) is 2.92. The molecule has 0 saturated carbocycles. The third-order valence-electron chi connectivity index (χ3n) is 4.18. The summed E-state index contributed by atoms with van der Waals surface area (Å²) in [5, 5.41) is 15.9. The number of fused-ring (bicyclic) bond motifs is 1. The number of nitrogens with zero attached hydrogens (tertiary/aromatic N) is 4. The van der Waals surface area contributed by atoms with Crippen LogP contribution in [0.15, 0.2) is 42.5 Å². The highest BCUT2D eigenvalue weighted by Gasteiger charge is 2.12. The van der Waals surface area contributed by atoms with Gasteiger partial charge in [-0.15, -0.1) is 0 Å². The van der Waals surface area contributed by atoms with Gasteiger partial charge < -0.3 is 9.64 Å². The number of hydrogen-bond acceptors (Lipinski definition) is 5. The molecule has 0 radical (unpaired) electrons. The van der Waals surface area contributed by atoms with Gasteiger partial charge in [0.25, 0.3) is 0 Å². The third-order valence-corrected chi connectivity index (χ3v) is 4.18. The van der Waals surface area contributed by atoms with Crippen molar-refractivity contribution in [3.63, 3.8) is 0 Å². The summed E-state index contributed by atoms with van der Waals surface area (Å²) in [7, 11) is 5.66. The molecule has 7 nitrogen and oxygen atoms in total. The number of ether oxygens (including phenoxy) is 1. The fourth-order valence-corrected chi connectivity index (χ4v) is 2.92. The van der Waals surface area contributed by atoms with Crippen LogP contribution in [0, 0.1) is 0 Å². The van der Waals surface area contributed by atoms with Crippen molar-refractivity contribution < 1.29 is 4.74 Å². The minimum atomic E-state index is 0.686. The Kier molecular flexibility index (Phi) is 4.14. The highest BCUT2D eigenvalue weighted by atomic mass is 16.5. The molecule has 0 aliphatic rings. The lowest BCUT2D eigenvalue weighted by Crippen LogP contribution is -2.11. The van der Waals surface area contributed by atoms with E-state index in [1.807, 2.05) is 55.4 Å². The number of methoxy groups -OCH3 is 1. The van der Waals surface area contributed by atoms with Crippen molar-refractivity contribution >= 4 is 10.9 Å². The number of benzene rings is 2. The predicted molar refractivity (Wildman–Crippen MR) is 101 cm³/mol. The first-order valence-corrected chi connectivity index (χ1v) is 8.33. The highest BCUT2D eigenvalue weighted by Crippen LogP contribution is 2.30.